The minimum Gasteiger partial charge on any atom is -0.329 e. The zero-order valence-electron chi connectivity index (χ0n) is 13.5. The summed E-state index contributed by atoms with van der Waals surface area (Å²) < 4.78 is 0. The molecule has 0 aliphatic rings. The molecule has 1 aromatic carbocycles. The van der Waals surface area contributed by atoms with E-state index in [1.807, 2.05) is 0 Å². The Kier molecular flexibility index (Phi) is 5.34. The molecule has 1 N–H and O–H groups in total. The summed E-state index contributed by atoms with van der Waals surface area (Å²) in [5.41, 5.74) is 4.84. The van der Waals surface area contributed by atoms with E-state index in [4.69, 9.17) is 4.98 Å². The minimum absolute atomic E-state index is 0.822. The molecule has 0 saturated carbocycles. The largest absolute Gasteiger partial charge is 0.329 e. The zero-order valence-corrected chi connectivity index (χ0v) is 13.5. The molecule has 0 amide bonds. The number of benzene rings is 1. The van der Waals surface area contributed by atoms with Gasteiger partial charge in [0.2, 0.25) is 0 Å². The van der Waals surface area contributed by atoms with Gasteiger partial charge in [-0.15, -0.1) is 0 Å². The predicted molar refractivity (Wildman–Crippen MR) is 90.2 cm³/mol. The highest BCUT2D eigenvalue weighted by Gasteiger charge is 2.08. The Hall–Kier alpha value is -1.87. The lowest BCUT2D eigenvalue weighted by molar-refractivity contribution is 0.664. The van der Waals surface area contributed by atoms with Crippen LogP contribution in [0.5, 0.6) is 0 Å². The van der Waals surface area contributed by atoms with Gasteiger partial charge in [-0.3, -0.25) is 0 Å². The first kappa shape index (κ1) is 15.5. The molecule has 2 rings (SSSR count). The molecule has 0 unspecified atom stereocenters. The van der Waals surface area contributed by atoms with Gasteiger partial charge in [-0.05, 0) is 50.6 Å². The fourth-order valence-corrected chi connectivity index (χ4v) is 2.45. The van der Waals surface area contributed by atoms with Crippen LogP contribution in [0, 0.1) is 13.8 Å². The van der Waals surface area contributed by atoms with Gasteiger partial charge in [-0.2, -0.15) is 0 Å². The number of hydrogen-bond donors (Lipinski definition) is 1. The summed E-state index contributed by atoms with van der Waals surface area (Å²) in [6, 6.07) is 12.7. The van der Waals surface area contributed by atoms with E-state index < -0.39 is 0 Å². The van der Waals surface area contributed by atoms with Crippen LogP contribution in [0.2, 0.25) is 0 Å². The van der Waals surface area contributed by atoms with Crippen LogP contribution >= 0.6 is 0 Å². The second-order valence-corrected chi connectivity index (χ2v) is 5.51. The Morgan fingerprint density at radius 3 is 2.67 bits per heavy atom. The van der Waals surface area contributed by atoms with Crippen molar-refractivity contribution in [2.45, 2.75) is 33.7 Å². The summed E-state index contributed by atoms with van der Waals surface area (Å²) in [7, 11) is 2.07. The van der Waals surface area contributed by atoms with Crippen molar-refractivity contribution < 1.29 is 0 Å². The van der Waals surface area contributed by atoms with Crippen LogP contribution < -0.4 is 10.2 Å². The average molecular weight is 283 g/mol. The first-order chi connectivity index (χ1) is 10.1. The molecule has 0 spiro atoms. The molecule has 0 aliphatic carbocycles. The van der Waals surface area contributed by atoms with Crippen molar-refractivity contribution in [1.82, 2.24) is 10.3 Å². The van der Waals surface area contributed by atoms with Crippen LogP contribution in [0.4, 0.5) is 11.5 Å². The SMILES string of the molecule is CCCNCc1cccc(N(C)c2ccc(C)cc2C)n1. The van der Waals surface area contributed by atoms with Crippen LogP contribution in [0.1, 0.15) is 30.2 Å². The number of anilines is 2. The molecule has 2 aromatic rings. The highest BCUT2D eigenvalue weighted by Crippen LogP contribution is 2.26. The van der Waals surface area contributed by atoms with Crippen molar-refractivity contribution in [2.75, 3.05) is 18.5 Å². The van der Waals surface area contributed by atoms with Gasteiger partial charge in [0.25, 0.3) is 0 Å². The van der Waals surface area contributed by atoms with Crippen molar-refractivity contribution in [3.8, 4) is 0 Å². The van der Waals surface area contributed by atoms with Crippen LogP contribution in [0.15, 0.2) is 36.4 Å². The van der Waals surface area contributed by atoms with E-state index >= 15 is 0 Å². The molecule has 0 saturated heterocycles. The third kappa shape index (κ3) is 4.05. The Morgan fingerprint density at radius 2 is 1.95 bits per heavy atom. The Bertz CT molecular complexity index is 593. The third-order valence-electron chi connectivity index (χ3n) is 3.58. The molecule has 0 atom stereocenters. The number of rotatable bonds is 6. The highest BCUT2D eigenvalue weighted by molar-refractivity contribution is 5.63. The summed E-state index contributed by atoms with van der Waals surface area (Å²) in [5.74, 6) is 0.984. The average Bonchev–Trinajstić information content (AvgIpc) is 2.47. The van der Waals surface area contributed by atoms with Gasteiger partial charge in [0.15, 0.2) is 0 Å². The molecule has 0 aliphatic heterocycles. The van der Waals surface area contributed by atoms with Gasteiger partial charge in [-0.25, -0.2) is 4.98 Å². The molecule has 3 nitrogen and oxygen atoms in total. The molecular formula is C18H25N3. The maximum absolute atomic E-state index is 4.75. The van der Waals surface area contributed by atoms with Crippen molar-refractivity contribution in [3.05, 3.63) is 53.2 Å². The van der Waals surface area contributed by atoms with Gasteiger partial charge in [0.05, 0.1) is 5.69 Å². The quantitative estimate of drug-likeness (QED) is 0.813. The molecule has 112 valence electrons. The lowest BCUT2D eigenvalue weighted by Gasteiger charge is -2.21. The molecular weight excluding hydrogens is 258 g/mol. The molecule has 0 radical (unpaired) electrons. The zero-order chi connectivity index (χ0) is 15.2. The van der Waals surface area contributed by atoms with Crippen molar-refractivity contribution in [2.24, 2.45) is 0 Å². The molecule has 21 heavy (non-hydrogen) atoms. The fraction of sp³-hybridized carbons (Fsp3) is 0.389. The molecule has 1 aromatic heterocycles. The van der Waals surface area contributed by atoms with E-state index in [9.17, 15) is 0 Å². The molecule has 0 fully saturated rings. The van der Waals surface area contributed by atoms with E-state index in [1.54, 1.807) is 0 Å². The van der Waals surface area contributed by atoms with Crippen LogP contribution in [-0.2, 0) is 6.54 Å². The third-order valence-corrected chi connectivity index (χ3v) is 3.58. The van der Waals surface area contributed by atoms with Gasteiger partial charge in [0.1, 0.15) is 5.82 Å². The summed E-state index contributed by atoms with van der Waals surface area (Å²) in [4.78, 5) is 6.90. The first-order valence-electron chi connectivity index (χ1n) is 7.59. The van der Waals surface area contributed by atoms with Crippen LogP contribution in [-0.4, -0.2) is 18.6 Å². The van der Waals surface area contributed by atoms with E-state index in [0.29, 0.717) is 0 Å². The maximum Gasteiger partial charge on any atom is 0.133 e. The maximum atomic E-state index is 4.75. The second kappa shape index (κ2) is 7.23. The van der Waals surface area contributed by atoms with Crippen molar-refractivity contribution in [3.63, 3.8) is 0 Å². The minimum atomic E-state index is 0.822. The fourth-order valence-electron chi connectivity index (χ4n) is 2.45. The Morgan fingerprint density at radius 1 is 1.14 bits per heavy atom. The lowest BCUT2D eigenvalue weighted by Crippen LogP contribution is -2.17. The summed E-state index contributed by atoms with van der Waals surface area (Å²) in [6.07, 6.45) is 1.14. The van der Waals surface area contributed by atoms with Gasteiger partial charge >= 0.3 is 0 Å². The second-order valence-electron chi connectivity index (χ2n) is 5.51. The normalized spacial score (nSPS) is 10.7. The standard InChI is InChI=1S/C18H25N3/c1-5-11-19-13-16-7-6-8-18(20-16)21(4)17-10-9-14(2)12-15(17)3/h6-10,12,19H,5,11,13H2,1-4H3. The highest BCUT2D eigenvalue weighted by atomic mass is 15.2. The van der Waals surface area contributed by atoms with E-state index in [0.717, 1.165) is 31.0 Å². The predicted octanol–water partition coefficient (Wildman–Crippen LogP) is 3.97. The monoisotopic (exact) mass is 283 g/mol. The molecule has 3 heteroatoms. The number of aryl methyl sites for hydroxylation is 2. The first-order valence-corrected chi connectivity index (χ1v) is 7.59. The summed E-state index contributed by atoms with van der Waals surface area (Å²) in [6.45, 7) is 8.28. The van der Waals surface area contributed by atoms with Gasteiger partial charge in [-0.1, -0.05) is 30.7 Å². The Labute approximate surface area is 128 Å². The number of pyridine rings is 1. The van der Waals surface area contributed by atoms with E-state index in [2.05, 4.69) is 74.4 Å². The Balaban J connectivity index is 2.18. The number of aromatic nitrogens is 1. The summed E-state index contributed by atoms with van der Waals surface area (Å²) >= 11 is 0. The van der Waals surface area contributed by atoms with Crippen molar-refractivity contribution in [1.29, 1.82) is 0 Å². The van der Waals surface area contributed by atoms with Gasteiger partial charge in [0, 0.05) is 19.3 Å². The smallest absolute Gasteiger partial charge is 0.133 e. The van der Waals surface area contributed by atoms with Crippen molar-refractivity contribution >= 4 is 11.5 Å². The molecule has 1 heterocycles. The molecule has 0 bridgehead atoms. The van der Waals surface area contributed by atoms with Crippen LogP contribution in [0.25, 0.3) is 0 Å². The number of nitrogens with zero attached hydrogens (tertiary/aromatic N) is 2. The van der Waals surface area contributed by atoms with Crippen LogP contribution in [0.3, 0.4) is 0 Å². The number of hydrogen-bond acceptors (Lipinski definition) is 3. The van der Waals surface area contributed by atoms with E-state index in [-0.39, 0.29) is 0 Å². The van der Waals surface area contributed by atoms with Gasteiger partial charge < -0.3 is 10.2 Å². The number of nitrogens with one attached hydrogen (secondary N) is 1. The summed E-state index contributed by atoms with van der Waals surface area (Å²) in [5, 5.41) is 3.40. The lowest BCUT2D eigenvalue weighted by atomic mass is 10.1. The van der Waals surface area contributed by atoms with E-state index in [1.165, 1.54) is 16.8 Å². The topological polar surface area (TPSA) is 28.2 Å².